The molecule has 0 radical (unpaired) electrons. The molecule has 148 valence electrons. The van der Waals surface area contributed by atoms with E-state index in [1.54, 1.807) is 7.11 Å². The number of hydrogen-bond acceptors (Lipinski definition) is 8. The number of aromatic nitrogens is 3. The van der Waals surface area contributed by atoms with Crippen LogP contribution in [0.25, 0.3) is 4.96 Å². The third-order valence-electron chi connectivity index (χ3n) is 4.38. The number of nitrogens with zero attached hydrogens (tertiary/aromatic N) is 3. The molecule has 8 nitrogen and oxygen atoms in total. The number of methoxy groups -OCH3 is 1. The number of fused-ring (bicyclic) bond motifs is 2. The van der Waals surface area contributed by atoms with Gasteiger partial charge in [-0.1, -0.05) is 11.3 Å². The van der Waals surface area contributed by atoms with Gasteiger partial charge in [0.15, 0.2) is 17.3 Å². The van der Waals surface area contributed by atoms with Gasteiger partial charge >= 0.3 is 0 Å². The molecule has 0 aliphatic carbocycles. The summed E-state index contributed by atoms with van der Waals surface area (Å²) in [6.45, 7) is 0.971. The summed E-state index contributed by atoms with van der Waals surface area (Å²) in [6.07, 6.45) is 1.97. The van der Waals surface area contributed by atoms with Crippen molar-refractivity contribution >= 4 is 16.3 Å². The first-order chi connectivity index (χ1) is 14.3. The van der Waals surface area contributed by atoms with E-state index < -0.39 is 0 Å². The summed E-state index contributed by atoms with van der Waals surface area (Å²) in [7, 11) is 1.64. The molecule has 1 aliphatic heterocycles. The topological polar surface area (TPSA) is 76.3 Å². The monoisotopic (exact) mass is 411 g/mol. The van der Waals surface area contributed by atoms with Crippen LogP contribution in [0.15, 0.2) is 48.7 Å². The lowest BCUT2D eigenvalue weighted by atomic mass is 10.3. The second kappa shape index (κ2) is 7.51. The highest BCUT2D eigenvalue weighted by Crippen LogP contribution is 2.35. The number of rotatable bonds is 7. The predicted octanol–water partition coefficient (Wildman–Crippen LogP) is 3.69. The van der Waals surface area contributed by atoms with Crippen molar-refractivity contribution in [3.8, 4) is 28.7 Å². The van der Waals surface area contributed by atoms with Gasteiger partial charge in [0.2, 0.25) is 11.8 Å². The lowest BCUT2D eigenvalue weighted by Crippen LogP contribution is -2.01. The third kappa shape index (κ3) is 3.64. The van der Waals surface area contributed by atoms with E-state index in [0.717, 1.165) is 27.1 Å². The molecule has 2 aromatic carbocycles. The van der Waals surface area contributed by atoms with Crippen LogP contribution in [0.1, 0.15) is 10.7 Å². The largest absolute Gasteiger partial charge is 0.497 e. The maximum Gasteiger partial charge on any atom is 0.231 e. The molecule has 0 atom stereocenters. The van der Waals surface area contributed by atoms with Gasteiger partial charge in [-0.3, -0.25) is 4.40 Å². The van der Waals surface area contributed by atoms with Crippen LogP contribution in [0.3, 0.4) is 0 Å². The van der Waals surface area contributed by atoms with E-state index in [1.165, 1.54) is 11.3 Å². The van der Waals surface area contributed by atoms with Crippen molar-refractivity contribution in [2.24, 2.45) is 0 Å². The molecule has 29 heavy (non-hydrogen) atoms. The second-order valence-electron chi connectivity index (χ2n) is 6.23. The zero-order valence-corrected chi connectivity index (χ0v) is 16.3. The Labute approximate surface area is 170 Å². The van der Waals surface area contributed by atoms with Crippen LogP contribution in [-0.2, 0) is 13.2 Å². The van der Waals surface area contributed by atoms with Gasteiger partial charge in [0.1, 0.15) is 30.5 Å². The molecule has 0 unspecified atom stereocenters. The van der Waals surface area contributed by atoms with E-state index in [1.807, 2.05) is 53.1 Å². The lowest BCUT2D eigenvalue weighted by Gasteiger charge is -2.06. The highest BCUT2D eigenvalue weighted by atomic mass is 32.1. The van der Waals surface area contributed by atoms with Gasteiger partial charge in [-0.2, -0.15) is 0 Å². The Hall–Kier alpha value is -3.46. The Morgan fingerprint density at radius 1 is 0.931 bits per heavy atom. The van der Waals surface area contributed by atoms with Crippen LogP contribution in [0.2, 0.25) is 0 Å². The van der Waals surface area contributed by atoms with E-state index in [4.69, 9.17) is 23.7 Å². The fourth-order valence-electron chi connectivity index (χ4n) is 2.90. The summed E-state index contributed by atoms with van der Waals surface area (Å²) in [5, 5.41) is 8.43. The average Bonchev–Trinajstić information content (AvgIpc) is 3.46. The Morgan fingerprint density at radius 2 is 1.69 bits per heavy atom. The quantitative estimate of drug-likeness (QED) is 0.459. The van der Waals surface area contributed by atoms with E-state index in [0.29, 0.717) is 23.9 Å². The van der Waals surface area contributed by atoms with Gasteiger partial charge in [-0.25, -0.2) is 0 Å². The number of thiazole rings is 1. The van der Waals surface area contributed by atoms with Crippen molar-refractivity contribution in [2.75, 3.05) is 13.9 Å². The zero-order chi connectivity index (χ0) is 19.6. The smallest absolute Gasteiger partial charge is 0.231 e. The van der Waals surface area contributed by atoms with Crippen LogP contribution < -0.4 is 23.7 Å². The maximum atomic E-state index is 5.85. The number of ether oxygens (including phenoxy) is 5. The van der Waals surface area contributed by atoms with Crippen molar-refractivity contribution in [2.45, 2.75) is 13.2 Å². The summed E-state index contributed by atoms with van der Waals surface area (Å²) in [4.78, 5) is 1.83. The van der Waals surface area contributed by atoms with Crippen molar-refractivity contribution in [1.82, 2.24) is 14.6 Å². The molecule has 0 saturated carbocycles. The molecule has 0 amide bonds. The van der Waals surface area contributed by atoms with Gasteiger partial charge in [0, 0.05) is 12.3 Å². The van der Waals surface area contributed by atoms with Crippen molar-refractivity contribution < 1.29 is 23.7 Å². The van der Waals surface area contributed by atoms with E-state index in [9.17, 15) is 0 Å². The summed E-state index contributed by atoms with van der Waals surface area (Å²) >= 11 is 1.53. The summed E-state index contributed by atoms with van der Waals surface area (Å²) in [5.74, 6) is 4.38. The van der Waals surface area contributed by atoms with Crippen LogP contribution in [-0.4, -0.2) is 28.5 Å². The molecule has 4 aromatic rings. The lowest BCUT2D eigenvalue weighted by molar-refractivity contribution is 0.173. The third-order valence-corrected chi connectivity index (χ3v) is 5.33. The van der Waals surface area contributed by atoms with Crippen LogP contribution in [0.5, 0.6) is 28.7 Å². The van der Waals surface area contributed by atoms with E-state index in [-0.39, 0.29) is 13.4 Å². The van der Waals surface area contributed by atoms with Gasteiger partial charge in [-0.05, 0) is 36.4 Å². The second-order valence-corrected chi connectivity index (χ2v) is 7.33. The SMILES string of the molecule is COc1ccc(OCc2cn3c(COc4ccc5c(c4)OCO5)nnc3s2)cc1. The Bertz CT molecular complexity index is 1140. The summed E-state index contributed by atoms with van der Waals surface area (Å²) < 4.78 is 29.4. The first kappa shape index (κ1) is 17.6. The first-order valence-corrected chi connectivity index (χ1v) is 9.72. The molecule has 2 aromatic heterocycles. The van der Waals surface area contributed by atoms with Gasteiger partial charge in [-0.15, -0.1) is 10.2 Å². The minimum Gasteiger partial charge on any atom is -0.497 e. The van der Waals surface area contributed by atoms with Crippen molar-refractivity contribution in [3.63, 3.8) is 0 Å². The van der Waals surface area contributed by atoms with Gasteiger partial charge in [0.05, 0.1) is 12.0 Å². The standard InChI is InChI=1S/C20H17N3O5S/c1-24-13-2-4-14(5-3-13)25-10-16-9-23-19(21-22-20(23)29-16)11-26-15-6-7-17-18(8-15)28-12-27-17/h2-9H,10-12H2,1H3. The molecule has 9 heteroatoms. The molecule has 5 rings (SSSR count). The van der Waals surface area contributed by atoms with E-state index in [2.05, 4.69) is 10.2 Å². The maximum absolute atomic E-state index is 5.85. The minimum absolute atomic E-state index is 0.236. The van der Waals surface area contributed by atoms with Gasteiger partial charge < -0.3 is 23.7 Å². The number of hydrogen-bond donors (Lipinski definition) is 0. The highest BCUT2D eigenvalue weighted by Gasteiger charge is 2.15. The molecule has 3 heterocycles. The van der Waals surface area contributed by atoms with Crippen molar-refractivity contribution in [3.05, 3.63) is 59.4 Å². The normalized spacial score (nSPS) is 12.3. The Kier molecular flexibility index (Phi) is 4.57. The first-order valence-electron chi connectivity index (χ1n) is 8.90. The van der Waals surface area contributed by atoms with Crippen molar-refractivity contribution in [1.29, 1.82) is 0 Å². The number of benzene rings is 2. The van der Waals surface area contributed by atoms with Gasteiger partial charge in [0.25, 0.3) is 0 Å². The molecular weight excluding hydrogens is 394 g/mol. The molecule has 0 bridgehead atoms. The fraction of sp³-hybridized carbons (Fsp3) is 0.200. The summed E-state index contributed by atoms with van der Waals surface area (Å²) in [5.41, 5.74) is 0. The van der Waals surface area contributed by atoms with Crippen LogP contribution in [0.4, 0.5) is 0 Å². The summed E-state index contributed by atoms with van der Waals surface area (Å²) in [6, 6.07) is 13.0. The average molecular weight is 411 g/mol. The molecule has 0 N–H and O–H groups in total. The van der Waals surface area contributed by atoms with Crippen LogP contribution in [0, 0.1) is 0 Å². The molecule has 1 aliphatic rings. The zero-order valence-electron chi connectivity index (χ0n) is 15.5. The molecule has 0 fully saturated rings. The van der Waals surface area contributed by atoms with Crippen LogP contribution >= 0.6 is 11.3 Å². The Balaban J connectivity index is 1.24. The molecular formula is C20H17N3O5S. The fourth-order valence-corrected chi connectivity index (χ4v) is 3.75. The molecule has 0 spiro atoms. The predicted molar refractivity (Wildman–Crippen MR) is 105 cm³/mol. The Morgan fingerprint density at radius 3 is 2.55 bits per heavy atom. The molecule has 0 saturated heterocycles. The van der Waals surface area contributed by atoms with E-state index >= 15 is 0 Å². The highest BCUT2D eigenvalue weighted by molar-refractivity contribution is 7.17. The minimum atomic E-state index is 0.236.